The average molecular weight is 492 g/mol. The molecule has 5 aromatic rings. The lowest BCUT2D eigenvalue weighted by molar-refractivity contribution is -0.120. The van der Waals surface area contributed by atoms with Crippen LogP contribution in [0, 0.1) is 27.7 Å². The molecule has 2 N–H and O–H groups in total. The zero-order valence-corrected chi connectivity index (χ0v) is 21.4. The highest BCUT2D eigenvalue weighted by atomic mass is 16.3. The number of hydrogen-bond donors (Lipinski definition) is 2. The van der Waals surface area contributed by atoms with Gasteiger partial charge in [-0.15, -0.1) is 0 Å². The molecule has 0 aliphatic rings. The normalized spacial score (nSPS) is 12.0. The van der Waals surface area contributed by atoms with Crippen molar-refractivity contribution in [1.29, 1.82) is 0 Å². The van der Waals surface area contributed by atoms with E-state index in [2.05, 4.69) is 20.4 Å². The summed E-state index contributed by atoms with van der Waals surface area (Å²) in [5, 5.41) is 20.6. The number of phenolic OH excluding ortho intramolecular Hbond substituents is 1. The predicted octanol–water partition coefficient (Wildman–Crippen LogP) is 5.20. The topological polar surface area (TPSA) is 92.9 Å². The fraction of sp³-hybridized carbons (Fsp3) is 0.200. The molecule has 2 heterocycles. The summed E-state index contributed by atoms with van der Waals surface area (Å²) in [6.07, 6.45) is 0.136. The minimum atomic E-state index is -0.529. The first-order chi connectivity index (χ1) is 17.8. The van der Waals surface area contributed by atoms with Crippen LogP contribution in [0.1, 0.15) is 45.5 Å². The largest absolute Gasteiger partial charge is 0.508 e. The Hall–Kier alpha value is -4.52. The van der Waals surface area contributed by atoms with E-state index in [1.165, 1.54) is 0 Å². The van der Waals surface area contributed by atoms with E-state index in [0.29, 0.717) is 11.5 Å². The summed E-state index contributed by atoms with van der Waals surface area (Å²) in [6.45, 7) is 7.66. The number of amides is 1. The Labute approximate surface area is 215 Å². The van der Waals surface area contributed by atoms with Crippen LogP contribution in [0.15, 0.2) is 72.8 Å². The Morgan fingerprint density at radius 1 is 0.919 bits per heavy atom. The van der Waals surface area contributed by atoms with Crippen molar-refractivity contribution < 1.29 is 9.90 Å². The summed E-state index contributed by atoms with van der Waals surface area (Å²) in [5.41, 5.74) is 5.67. The standard InChI is InChI=1S/C30H29N5O2/c1-18-16-19(2)32-30(31-18)35-21(4)25(20(3)34-35)17-27(37)33-29(23-11-6-5-7-12-23)28-24-13-9-8-10-22(24)14-15-26(28)36/h5-16,29,36H,17H2,1-4H3,(H,33,37). The van der Waals surface area contributed by atoms with Crippen LogP contribution in [0.25, 0.3) is 16.7 Å². The lowest BCUT2D eigenvalue weighted by atomic mass is 9.92. The first kappa shape index (κ1) is 24.2. The quantitative estimate of drug-likeness (QED) is 0.340. The molecule has 1 amide bonds. The van der Waals surface area contributed by atoms with E-state index in [9.17, 15) is 9.90 Å². The summed E-state index contributed by atoms with van der Waals surface area (Å²) in [5.74, 6) is 0.459. The molecular weight excluding hydrogens is 462 g/mol. The molecule has 0 saturated carbocycles. The van der Waals surface area contributed by atoms with Crippen molar-refractivity contribution in [2.24, 2.45) is 0 Å². The van der Waals surface area contributed by atoms with E-state index in [0.717, 1.165) is 44.7 Å². The molecule has 7 heteroatoms. The van der Waals surface area contributed by atoms with Gasteiger partial charge in [-0.3, -0.25) is 4.79 Å². The molecule has 0 spiro atoms. The van der Waals surface area contributed by atoms with Gasteiger partial charge < -0.3 is 10.4 Å². The number of hydrogen-bond acceptors (Lipinski definition) is 5. The Kier molecular flexibility index (Phi) is 6.44. The van der Waals surface area contributed by atoms with Gasteiger partial charge in [0, 0.05) is 28.2 Å². The molecule has 0 bridgehead atoms. The highest BCUT2D eigenvalue weighted by Gasteiger charge is 2.24. The monoisotopic (exact) mass is 491 g/mol. The fourth-order valence-corrected chi connectivity index (χ4v) is 4.86. The van der Waals surface area contributed by atoms with Gasteiger partial charge in [-0.1, -0.05) is 60.7 Å². The second-order valence-electron chi connectivity index (χ2n) is 9.32. The molecule has 2 aromatic heterocycles. The molecular formula is C30H29N5O2. The average Bonchev–Trinajstić information content (AvgIpc) is 3.16. The first-order valence-electron chi connectivity index (χ1n) is 12.2. The number of carbonyl (C=O) groups excluding carboxylic acids is 1. The third-order valence-electron chi connectivity index (χ3n) is 6.61. The number of aromatic nitrogens is 4. The van der Waals surface area contributed by atoms with Gasteiger partial charge in [0.05, 0.1) is 18.2 Å². The van der Waals surface area contributed by atoms with Gasteiger partial charge in [0.15, 0.2) is 0 Å². The van der Waals surface area contributed by atoms with Gasteiger partial charge in [0.1, 0.15) is 5.75 Å². The van der Waals surface area contributed by atoms with Crippen molar-refractivity contribution in [3.63, 3.8) is 0 Å². The van der Waals surface area contributed by atoms with Crippen molar-refractivity contribution in [2.45, 2.75) is 40.2 Å². The fourth-order valence-electron chi connectivity index (χ4n) is 4.86. The van der Waals surface area contributed by atoms with Crippen molar-refractivity contribution in [1.82, 2.24) is 25.1 Å². The number of carbonyl (C=O) groups is 1. The van der Waals surface area contributed by atoms with Crippen LogP contribution in [0.3, 0.4) is 0 Å². The predicted molar refractivity (Wildman–Crippen MR) is 144 cm³/mol. The highest BCUT2D eigenvalue weighted by Crippen LogP contribution is 2.36. The van der Waals surface area contributed by atoms with Gasteiger partial charge in [-0.2, -0.15) is 5.10 Å². The zero-order valence-electron chi connectivity index (χ0n) is 21.4. The Bertz CT molecular complexity index is 1590. The summed E-state index contributed by atoms with van der Waals surface area (Å²) in [4.78, 5) is 22.6. The summed E-state index contributed by atoms with van der Waals surface area (Å²) in [7, 11) is 0. The van der Waals surface area contributed by atoms with Gasteiger partial charge >= 0.3 is 0 Å². The molecule has 1 unspecified atom stereocenters. The molecule has 7 nitrogen and oxygen atoms in total. The van der Waals surface area contributed by atoms with E-state index in [1.54, 1.807) is 10.7 Å². The summed E-state index contributed by atoms with van der Waals surface area (Å²) in [6, 6.07) is 22.5. The van der Waals surface area contributed by atoms with Gasteiger partial charge in [-0.05, 0) is 56.2 Å². The number of nitrogens with one attached hydrogen (secondary N) is 1. The third kappa shape index (κ3) is 4.80. The van der Waals surface area contributed by atoms with Crippen LogP contribution in [0.4, 0.5) is 0 Å². The number of nitrogens with zero attached hydrogens (tertiary/aromatic N) is 4. The molecule has 1 atom stereocenters. The number of fused-ring (bicyclic) bond motifs is 1. The lowest BCUT2D eigenvalue weighted by Gasteiger charge is -2.23. The first-order valence-corrected chi connectivity index (χ1v) is 12.2. The number of rotatable bonds is 6. The maximum absolute atomic E-state index is 13.5. The van der Waals surface area contributed by atoms with Crippen LogP contribution in [-0.2, 0) is 11.2 Å². The Balaban J connectivity index is 1.50. The van der Waals surface area contributed by atoms with Crippen LogP contribution in [0.2, 0.25) is 0 Å². The van der Waals surface area contributed by atoms with Crippen LogP contribution >= 0.6 is 0 Å². The van der Waals surface area contributed by atoms with E-state index in [-0.39, 0.29) is 18.1 Å². The Morgan fingerprint density at radius 2 is 1.59 bits per heavy atom. The molecule has 0 radical (unpaired) electrons. The molecule has 186 valence electrons. The molecule has 37 heavy (non-hydrogen) atoms. The highest BCUT2D eigenvalue weighted by molar-refractivity contribution is 5.90. The number of benzene rings is 3. The molecule has 0 aliphatic heterocycles. The van der Waals surface area contributed by atoms with Crippen LogP contribution in [0.5, 0.6) is 5.75 Å². The smallest absolute Gasteiger partial charge is 0.251 e. The minimum Gasteiger partial charge on any atom is -0.508 e. The number of phenols is 1. The summed E-state index contributed by atoms with van der Waals surface area (Å²) >= 11 is 0. The van der Waals surface area contributed by atoms with Gasteiger partial charge in [-0.25, -0.2) is 14.6 Å². The second kappa shape index (κ2) is 9.85. The Morgan fingerprint density at radius 3 is 2.32 bits per heavy atom. The maximum Gasteiger partial charge on any atom is 0.251 e. The van der Waals surface area contributed by atoms with Crippen LogP contribution < -0.4 is 5.32 Å². The van der Waals surface area contributed by atoms with Crippen molar-refractivity contribution in [2.75, 3.05) is 0 Å². The second-order valence-corrected chi connectivity index (χ2v) is 9.32. The zero-order chi connectivity index (χ0) is 26.1. The van der Waals surface area contributed by atoms with Gasteiger partial charge in [0.25, 0.3) is 5.95 Å². The van der Waals surface area contributed by atoms with Gasteiger partial charge in [0.2, 0.25) is 5.91 Å². The third-order valence-corrected chi connectivity index (χ3v) is 6.61. The van der Waals surface area contributed by atoms with E-state index >= 15 is 0 Å². The van der Waals surface area contributed by atoms with E-state index in [1.807, 2.05) is 94.4 Å². The van der Waals surface area contributed by atoms with E-state index < -0.39 is 6.04 Å². The maximum atomic E-state index is 13.5. The van der Waals surface area contributed by atoms with E-state index in [4.69, 9.17) is 0 Å². The molecule has 0 fully saturated rings. The lowest BCUT2D eigenvalue weighted by Crippen LogP contribution is -2.31. The van der Waals surface area contributed by atoms with Crippen molar-refractivity contribution in [3.8, 4) is 11.7 Å². The molecule has 0 aliphatic carbocycles. The number of aromatic hydroxyl groups is 1. The van der Waals surface area contributed by atoms with Crippen LogP contribution in [-0.4, -0.2) is 30.8 Å². The van der Waals surface area contributed by atoms with Crippen molar-refractivity contribution in [3.05, 3.63) is 112 Å². The SMILES string of the molecule is Cc1cc(C)nc(-n2nc(C)c(CC(=O)NC(c3ccccc3)c3c(O)ccc4ccccc34)c2C)n1. The molecule has 5 rings (SSSR count). The minimum absolute atomic E-state index is 0.136. The van der Waals surface area contributed by atoms with Crippen molar-refractivity contribution >= 4 is 16.7 Å². The summed E-state index contributed by atoms with van der Waals surface area (Å²) < 4.78 is 1.70. The number of aryl methyl sites for hydroxylation is 3. The molecule has 0 saturated heterocycles. The molecule has 3 aromatic carbocycles.